The molecule has 0 fully saturated rings. The summed E-state index contributed by atoms with van der Waals surface area (Å²) in [5.41, 5.74) is 1.69. The molecule has 0 amide bonds. The third-order valence-corrected chi connectivity index (χ3v) is 2.18. The van der Waals surface area contributed by atoms with Crippen molar-refractivity contribution in [2.24, 2.45) is 0 Å². The molecular formula is C12H10F3N3O. The van der Waals surface area contributed by atoms with E-state index in [1.165, 1.54) is 0 Å². The van der Waals surface area contributed by atoms with Crippen LogP contribution in [0.5, 0.6) is 11.6 Å². The Morgan fingerprint density at radius 1 is 1.05 bits per heavy atom. The van der Waals surface area contributed by atoms with Gasteiger partial charge in [-0.25, -0.2) is 15.0 Å². The summed E-state index contributed by atoms with van der Waals surface area (Å²) in [6.07, 6.45) is -2.62. The number of hydrogen-bond donors (Lipinski definition) is 0. The van der Waals surface area contributed by atoms with E-state index in [1.54, 1.807) is 13.0 Å². The highest BCUT2D eigenvalue weighted by atomic mass is 19.4. The minimum atomic E-state index is -4.56. The van der Waals surface area contributed by atoms with Gasteiger partial charge in [0.25, 0.3) is 0 Å². The number of halogens is 3. The first-order valence-electron chi connectivity index (χ1n) is 5.37. The van der Waals surface area contributed by atoms with Gasteiger partial charge in [-0.05, 0) is 25.5 Å². The fraction of sp³-hybridized carbons (Fsp3) is 0.250. The van der Waals surface area contributed by atoms with Crippen molar-refractivity contribution >= 4 is 0 Å². The summed E-state index contributed by atoms with van der Waals surface area (Å²) in [4.78, 5) is 10.5. The van der Waals surface area contributed by atoms with Crippen molar-refractivity contribution in [2.75, 3.05) is 0 Å². The number of aryl methyl sites for hydroxylation is 2. The summed E-state index contributed by atoms with van der Waals surface area (Å²) in [6.45, 7) is 3.66. The predicted molar refractivity (Wildman–Crippen MR) is 60.8 cm³/mol. The summed E-state index contributed by atoms with van der Waals surface area (Å²) >= 11 is 0. The van der Waals surface area contributed by atoms with Gasteiger partial charge in [0.05, 0.1) is 12.4 Å². The molecule has 0 radical (unpaired) electrons. The molecule has 0 saturated heterocycles. The van der Waals surface area contributed by atoms with E-state index >= 15 is 0 Å². The molecule has 0 saturated carbocycles. The maximum Gasteiger partial charge on any atom is 0.451 e. The normalized spacial score (nSPS) is 11.4. The lowest BCUT2D eigenvalue weighted by molar-refractivity contribution is -0.145. The average Bonchev–Trinajstić information content (AvgIpc) is 2.26. The molecule has 2 rings (SSSR count). The molecule has 0 unspecified atom stereocenters. The Balaban J connectivity index is 2.20. The zero-order valence-corrected chi connectivity index (χ0v) is 10.2. The number of aromatic nitrogens is 3. The van der Waals surface area contributed by atoms with E-state index in [2.05, 4.69) is 15.0 Å². The standard InChI is InChI=1S/C12H10F3N3O/c1-7-3-8(2)18-10(4-7)19-9-5-16-11(17-6-9)12(13,14)15/h3-6H,1-2H3. The number of rotatable bonds is 2. The first kappa shape index (κ1) is 13.3. The van der Waals surface area contributed by atoms with Crippen molar-refractivity contribution in [1.29, 1.82) is 0 Å². The van der Waals surface area contributed by atoms with Gasteiger partial charge in [0.1, 0.15) is 0 Å². The lowest BCUT2D eigenvalue weighted by Crippen LogP contribution is -2.10. The van der Waals surface area contributed by atoms with Crippen molar-refractivity contribution in [3.63, 3.8) is 0 Å². The summed E-state index contributed by atoms with van der Waals surface area (Å²) < 4.78 is 42.1. The SMILES string of the molecule is Cc1cc(C)nc(Oc2cnc(C(F)(F)F)nc2)c1. The van der Waals surface area contributed by atoms with E-state index in [4.69, 9.17) is 4.74 Å². The van der Waals surface area contributed by atoms with E-state index in [0.29, 0.717) is 5.88 Å². The molecule has 2 heterocycles. The summed E-state index contributed by atoms with van der Waals surface area (Å²) in [5.74, 6) is -0.806. The largest absolute Gasteiger partial charge is 0.451 e. The number of alkyl halides is 3. The van der Waals surface area contributed by atoms with Crippen molar-refractivity contribution in [3.8, 4) is 11.6 Å². The number of pyridine rings is 1. The maximum absolute atomic E-state index is 12.3. The second-order valence-corrected chi connectivity index (χ2v) is 3.97. The van der Waals surface area contributed by atoms with E-state index in [-0.39, 0.29) is 5.75 Å². The monoisotopic (exact) mass is 269 g/mol. The topological polar surface area (TPSA) is 47.9 Å². The van der Waals surface area contributed by atoms with Gasteiger partial charge in [0.15, 0.2) is 5.75 Å². The van der Waals surface area contributed by atoms with Crippen LogP contribution in [0.25, 0.3) is 0 Å². The molecule has 7 heteroatoms. The van der Waals surface area contributed by atoms with Gasteiger partial charge < -0.3 is 4.74 Å². The fourth-order valence-corrected chi connectivity index (χ4v) is 1.49. The van der Waals surface area contributed by atoms with Crippen LogP contribution >= 0.6 is 0 Å². The lowest BCUT2D eigenvalue weighted by atomic mass is 10.2. The minimum Gasteiger partial charge on any atom is -0.436 e. The van der Waals surface area contributed by atoms with Crippen molar-refractivity contribution < 1.29 is 17.9 Å². The quantitative estimate of drug-likeness (QED) is 0.839. The lowest BCUT2D eigenvalue weighted by Gasteiger charge is -2.07. The molecule has 0 aliphatic carbocycles. The molecule has 0 atom stereocenters. The Bertz CT molecular complexity index is 562. The molecule has 0 spiro atoms. The van der Waals surface area contributed by atoms with Crippen molar-refractivity contribution in [1.82, 2.24) is 15.0 Å². The van der Waals surface area contributed by atoms with Crippen LogP contribution < -0.4 is 4.74 Å². The molecule has 0 aliphatic heterocycles. The molecule has 0 aliphatic rings. The molecular weight excluding hydrogens is 259 g/mol. The molecule has 2 aromatic rings. The van der Waals surface area contributed by atoms with Gasteiger partial charge in [-0.15, -0.1) is 0 Å². The highest BCUT2D eigenvalue weighted by Crippen LogP contribution is 2.27. The third-order valence-electron chi connectivity index (χ3n) is 2.18. The van der Waals surface area contributed by atoms with Crippen LogP contribution in [0.15, 0.2) is 24.5 Å². The molecule has 0 N–H and O–H groups in total. The van der Waals surface area contributed by atoms with Gasteiger partial charge in [0.2, 0.25) is 11.7 Å². The highest BCUT2D eigenvalue weighted by Gasteiger charge is 2.34. The van der Waals surface area contributed by atoms with Crippen LogP contribution in [-0.4, -0.2) is 15.0 Å². The van der Waals surface area contributed by atoms with Crippen LogP contribution in [-0.2, 0) is 6.18 Å². The Morgan fingerprint density at radius 3 is 2.21 bits per heavy atom. The zero-order chi connectivity index (χ0) is 14.0. The Kier molecular flexibility index (Phi) is 3.37. The van der Waals surface area contributed by atoms with Gasteiger partial charge in [0, 0.05) is 11.8 Å². The van der Waals surface area contributed by atoms with Gasteiger partial charge in [-0.2, -0.15) is 13.2 Å². The van der Waals surface area contributed by atoms with Crippen molar-refractivity contribution in [2.45, 2.75) is 20.0 Å². The van der Waals surface area contributed by atoms with Crippen LogP contribution in [0.4, 0.5) is 13.2 Å². The van der Waals surface area contributed by atoms with Crippen LogP contribution in [0.2, 0.25) is 0 Å². The molecule has 19 heavy (non-hydrogen) atoms. The van der Waals surface area contributed by atoms with E-state index in [9.17, 15) is 13.2 Å². The Morgan fingerprint density at radius 2 is 1.68 bits per heavy atom. The van der Waals surface area contributed by atoms with Gasteiger partial charge in [-0.3, -0.25) is 0 Å². The maximum atomic E-state index is 12.3. The highest BCUT2D eigenvalue weighted by molar-refractivity contribution is 5.27. The number of ether oxygens (including phenoxy) is 1. The Hall–Kier alpha value is -2.18. The first-order chi connectivity index (χ1) is 8.84. The fourth-order valence-electron chi connectivity index (χ4n) is 1.49. The third kappa shape index (κ3) is 3.40. The molecule has 100 valence electrons. The summed E-state index contributed by atoms with van der Waals surface area (Å²) in [6, 6.07) is 3.53. The second-order valence-electron chi connectivity index (χ2n) is 3.97. The molecule has 0 bridgehead atoms. The van der Waals surface area contributed by atoms with E-state index in [1.807, 2.05) is 13.0 Å². The summed E-state index contributed by atoms with van der Waals surface area (Å²) in [5, 5.41) is 0. The van der Waals surface area contributed by atoms with Crippen molar-refractivity contribution in [3.05, 3.63) is 41.6 Å². The van der Waals surface area contributed by atoms with Crippen LogP contribution in [0.1, 0.15) is 17.1 Å². The first-order valence-corrected chi connectivity index (χ1v) is 5.37. The molecule has 2 aromatic heterocycles. The Labute approximate surface area is 107 Å². The average molecular weight is 269 g/mol. The van der Waals surface area contributed by atoms with Gasteiger partial charge in [-0.1, -0.05) is 0 Å². The smallest absolute Gasteiger partial charge is 0.436 e. The van der Waals surface area contributed by atoms with Gasteiger partial charge >= 0.3 is 6.18 Å². The number of hydrogen-bond acceptors (Lipinski definition) is 4. The number of nitrogens with zero attached hydrogens (tertiary/aromatic N) is 3. The molecule has 0 aromatic carbocycles. The second kappa shape index (κ2) is 4.83. The summed E-state index contributed by atoms with van der Waals surface area (Å²) in [7, 11) is 0. The van der Waals surface area contributed by atoms with Crippen LogP contribution in [0, 0.1) is 13.8 Å². The minimum absolute atomic E-state index is 0.102. The van der Waals surface area contributed by atoms with E-state index in [0.717, 1.165) is 23.7 Å². The molecule has 4 nitrogen and oxygen atoms in total. The predicted octanol–water partition coefficient (Wildman–Crippen LogP) is 3.30. The van der Waals surface area contributed by atoms with Crippen LogP contribution in [0.3, 0.4) is 0 Å². The van der Waals surface area contributed by atoms with E-state index < -0.39 is 12.0 Å². The zero-order valence-electron chi connectivity index (χ0n) is 10.2.